The molecular formula is C18H20. The smallest absolute Gasteiger partial charge is 0.00134 e. The molecule has 0 heterocycles. The lowest BCUT2D eigenvalue weighted by molar-refractivity contribution is 0.411. The standard InChI is InChI=1S/C18H20/c1-18(2,3)12-13-8-9-17-15(10-13)11-14-6-4-5-7-16(14)17/h4-10H,11-12H2,1-3H3. The summed E-state index contributed by atoms with van der Waals surface area (Å²) in [5, 5.41) is 0. The fraction of sp³-hybridized carbons (Fsp3) is 0.333. The highest BCUT2D eigenvalue weighted by Crippen LogP contribution is 2.37. The molecule has 92 valence electrons. The predicted octanol–water partition coefficient (Wildman–Crippen LogP) is 4.85. The minimum atomic E-state index is 0.361. The molecule has 0 fully saturated rings. The van der Waals surface area contributed by atoms with Crippen molar-refractivity contribution in [2.24, 2.45) is 5.41 Å². The fourth-order valence-electron chi connectivity index (χ4n) is 2.92. The van der Waals surface area contributed by atoms with Crippen LogP contribution >= 0.6 is 0 Å². The normalized spacial score (nSPS) is 13.3. The molecule has 0 amide bonds. The van der Waals surface area contributed by atoms with E-state index in [4.69, 9.17) is 0 Å². The first kappa shape index (κ1) is 11.5. The van der Waals surface area contributed by atoms with Crippen LogP contribution in [0.5, 0.6) is 0 Å². The lowest BCUT2D eigenvalue weighted by Gasteiger charge is -2.18. The van der Waals surface area contributed by atoms with Crippen LogP contribution in [0.4, 0.5) is 0 Å². The molecule has 0 nitrogen and oxygen atoms in total. The van der Waals surface area contributed by atoms with Crippen LogP contribution in [-0.4, -0.2) is 0 Å². The molecule has 0 N–H and O–H groups in total. The highest BCUT2D eigenvalue weighted by Gasteiger charge is 2.19. The van der Waals surface area contributed by atoms with Crippen molar-refractivity contribution in [1.82, 2.24) is 0 Å². The van der Waals surface area contributed by atoms with E-state index < -0.39 is 0 Å². The summed E-state index contributed by atoms with van der Waals surface area (Å²) in [5.41, 5.74) is 7.66. The van der Waals surface area contributed by atoms with E-state index in [1.807, 2.05) is 0 Å². The minimum Gasteiger partial charge on any atom is -0.0619 e. The molecule has 1 aliphatic carbocycles. The first-order valence-corrected chi connectivity index (χ1v) is 6.73. The van der Waals surface area contributed by atoms with E-state index >= 15 is 0 Å². The molecule has 0 heteroatoms. The van der Waals surface area contributed by atoms with Gasteiger partial charge in [0.15, 0.2) is 0 Å². The van der Waals surface area contributed by atoms with Gasteiger partial charge in [0.25, 0.3) is 0 Å². The molecule has 0 bridgehead atoms. The van der Waals surface area contributed by atoms with Gasteiger partial charge in [0.1, 0.15) is 0 Å². The van der Waals surface area contributed by atoms with Crippen LogP contribution in [0.1, 0.15) is 37.5 Å². The van der Waals surface area contributed by atoms with Gasteiger partial charge >= 0.3 is 0 Å². The summed E-state index contributed by atoms with van der Waals surface area (Å²) in [7, 11) is 0. The largest absolute Gasteiger partial charge is 0.0619 e. The third-order valence-electron chi connectivity index (χ3n) is 3.59. The maximum absolute atomic E-state index is 2.40. The van der Waals surface area contributed by atoms with Gasteiger partial charge in [0, 0.05) is 0 Å². The van der Waals surface area contributed by atoms with Gasteiger partial charge in [-0.25, -0.2) is 0 Å². The van der Waals surface area contributed by atoms with Gasteiger partial charge in [-0.15, -0.1) is 0 Å². The van der Waals surface area contributed by atoms with Crippen molar-refractivity contribution < 1.29 is 0 Å². The van der Waals surface area contributed by atoms with Crippen LogP contribution < -0.4 is 0 Å². The van der Waals surface area contributed by atoms with Gasteiger partial charge in [-0.05, 0) is 46.1 Å². The maximum atomic E-state index is 2.40. The summed E-state index contributed by atoms with van der Waals surface area (Å²) >= 11 is 0. The minimum absolute atomic E-state index is 0.361. The second kappa shape index (κ2) is 3.98. The van der Waals surface area contributed by atoms with Gasteiger partial charge in [0.05, 0.1) is 0 Å². The highest BCUT2D eigenvalue weighted by atomic mass is 14.2. The van der Waals surface area contributed by atoms with Crippen molar-refractivity contribution in [2.45, 2.75) is 33.6 Å². The van der Waals surface area contributed by atoms with E-state index in [9.17, 15) is 0 Å². The lowest BCUT2D eigenvalue weighted by atomic mass is 9.87. The maximum Gasteiger partial charge on any atom is -0.00134 e. The molecule has 0 aromatic heterocycles. The monoisotopic (exact) mass is 236 g/mol. The second-order valence-corrected chi connectivity index (χ2v) is 6.56. The number of benzene rings is 2. The first-order valence-electron chi connectivity index (χ1n) is 6.73. The van der Waals surface area contributed by atoms with Crippen LogP contribution in [-0.2, 0) is 12.8 Å². The van der Waals surface area contributed by atoms with Crippen LogP contribution in [0.25, 0.3) is 11.1 Å². The van der Waals surface area contributed by atoms with Crippen molar-refractivity contribution >= 4 is 0 Å². The van der Waals surface area contributed by atoms with Crippen molar-refractivity contribution in [2.75, 3.05) is 0 Å². The van der Waals surface area contributed by atoms with Crippen molar-refractivity contribution in [3.63, 3.8) is 0 Å². The Labute approximate surface area is 110 Å². The summed E-state index contributed by atoms with van der Waals surface area (Å²) in [6, 6.07) is 15.8. The summed E-state index contributed by atoms with van der Waals surface area (Å²) in [6.45, 7) is 6.90. The van der Waals surface area contributed by atoms with Gasteiger partial charge in [-0.1, -0.05) is 63.2 Å². The summed E-state index contributed by atoms with van der Waals surface area (Å²) in [6.07, 6.45) is 2.25. The molecule has 0 aliphatic heterocycles. The molecule has 1 aliphatic rings. The quantitative estimate of drug-likeness (QED) is 0.567. The van der Waals surface area contributed by atoms with E-state index in [1.54, 1.807) is 0 Å². The Bertz CT molecular complexity index is 585. The summed E-state index contributed by atoms with van der Waals surface area (Å²) < 4.78 is 0. The molecule has 0 spiro atoms. The third kappa shape index (κ3) is 2.08. The Morgan fingerprint density at radius 3 is 2.39 bits per heavy atom. The average Bonchev–Trinajstić information content (AvgIpc) is 2.64. The second-order valence-electron chi connectivity index (χ2n) is 6.56. The SMILES string of the molecule is CC(C)(C)Cc1ccc2c(c1)Cc1ccccc1-2. The Morgan fingerprint density at radius 1 is 0.889 bits per heavy atom. The van der Waals surface area contributed by atoms with Crippen molar-refractivity contribution in [1.29, 1.82) is 0 Å². The van der Waals surface area contributed by atoms with Gasteiger partial charge in [0.2, 0.25) is 0 Å². The molecule has 3 rings (SSSR count). The van der Waals surface area contributed by atoms with E-state index in [1.165, 1.54) is 27.8 Å². The summed E-state index contributed by atoms with van der Waals surface area (Å²) in [5.74, 6) is 0. The van der Waals surface area contributed by atoms with Crippen LogP contribution in [0.3, 0.4) is 0 Å². The van der Waals surface area contributed by atoms with Gasteiger partial charge < -0.3 is 0 Å². The predicted molar refractivity (Wildman–Crippen MR) is 77.8 cm³/mol. The first-order chi connectivity index (χ1) is 8.53. The summed E-state index contributed by atoms with van der Waals surface area (Å²) in [4.78, 5) is 0. The molecule has 0 atom stereocenters. The van der Waals surface area contributed by atoms with Crippen molar-refractivity contribution in [3.05, 3.63) is 59.2 Å². The number of hydrogen-bond donors (Lipinski definition) is 0. The number of fused-ring (bicyclic) bond motifs is 3. The zero-order chi connectivity index (χ0) is 12.8. The fourth-order valence-corrected chi connectivity index (χ4v) is 2.92. The van der Waals surface area contributed by atoms with Gasteiger partial charge in [-0.2, -0.15) is 0 Å². The zero-order valence-electron chi connectivity index (χ0n) is 11.5. The molecule has 0 unspecified atom stereocenters. The van der Waals surface area contributed by atoms with Crippen LogP contribution in [0, 0.1) is 5.41 Å². The number of hydrogen-bond acceptors (Lipinski definition) is 0. The zero-order valence-corrected chi connectivity index (χ0v) is 11.5. The Balaban J connectivity index is 1.98. The third-order valence-corrected chi connectivity index (χ3v) is 3.59. The molecule has 2 aromatic rings. The lowest BCUT2D eigenvalue weighted by Crippen LogP contribution is -2.09. The number of rotatable bonds is 1. The topological polar surface area (TPSA) is 0 Å². The molecule has 0 saturated heterocycles. The van der Waals surface area contributed by atoms with E-state index in [-0.39, 0.29) is 0 Å². The van der Waals surface area contributed by atoms with E-state index in [2.05, 4.69) is 63.2 Å². The Kier molecular flexibility index (Phi) is 2.55. The van der Waals surface area contributed by atoms with Crippen LogP contribution in [0.2, 0.25) is 0 Å². The Morgan fingerprint density at radius 2 is 1.61 bits per heavy atom. The average molecular weight is 236 g/mol. The molecule has 2 aromatic carbocycles. The molecular weight excluding hydrogens is 216 g/mol. The Hall–Kier alpha value is -1.56. The van der Waals surface area contributed by atoms with Gasteiger partial charge in [-0.3, -0.25) is 0 Å². The molecule has 18 heavy (non-hydrogen) atoms. The van der Waals surface area contributed by atoms with Crippen molar-refractivity contribution in [3.8, 4) is 11.1 Å². The van der Waals surface area contributed by atoms with Crippen LogP contribution in [0.15, 0.2) is 42.5 Å². The van der Waals surface area contributed by atoms with E-state index in [0.717, 1.165) is 12.8 Å². The molecule has 0 saturated carbocycles. The molecule has 0 radical (unpaired) electrons. The van der Waals surface area contributed by atoms with E-state index in [0.29, 0.717) is 5.41 Å². The highest BCUT2D eigenvalue weighted by molar-refractivity contribution is 5.76.